The summed E-state index contributed by atoms with van der Waals surface area (Å²) in [4.78, 5) is 54.7. The summed E-state index contributed by atoms with van der Waals surface area (Å²) in [5.41, 5.74) is -8.67. The van der Waals surface area contributed by atoms with Crippen molar-refractivity contribution in [3.05, 3.63) is 79.5 Å². The van der Waals surface area contributed by atoms with Crippen LogP contribution in [-0.2, 0) is 12.4 Å². The molecule has 0 saturated carbocycles. The molecule has 2 aromatic heterocycles. The Hall–Kier alpha value is -5.02. The van der Waals surface area contributed by atoms with E-state index in [9.17, 15) is 45.5 Å². The Morgan fingerprint density at radius 3 is 1.25 bits per heavy atom. The molecule has 258 valence electrons. The van der Waals surface area contributed by atoms with Crippen LogP contribution in [0.4, 0.5) is 37.7 Å². The molecule has 0 saturated heterocycles. The Labute approximate surface area is 269 Å². The van der Waals surface area contributed by atoms with Crippen molar-refractivity contribution in [1.29, 1.82) is 0 Å². The number of halogens is 6. The van der Waals surface area contributed by atoms with Crippen LogP contribution in [0.1, 0.15) is 59.5 Å². The summed E-state index contributed by atoms with van der Waals surface area (Å²) >= 11 is 0. The van der Waals surface area contributed by atoms with Gasteiger partial charge in [0.1, 0.15) is 22.3 Å². The zero-order valence-electron chi connectivity index (χ0n) is 26.3. The predicted molar refractivity (Wildman–Crippen MR) is 167 cm³/mol. The molecule has 2 heterocycles. The van der Waals surface area contributed by atoms with E-state index in [2.05, 4.69) is 0 Å². The van der Waals surface area contributed by atoms with Crippen molar-refractivity contribution in [2.24, 2.45) is 0 Å². The molecule has 2 aromatic carbocycles. The van der Waals surface area contributed by atoms with Crippen molar-refractivity contribution in [2.45, 2.75) is 40.0 Å². The van der Waals surface area contributed by atoms with E-state index >= 15 is 0 Å². The summed E-state index contributed by atoms with van der Waals surface area (Å²) < 4.78 is 95.5. The lowest BCUT2D eigenvalue weighted by Gasteiger charge is -2.22. The van der Waals surface area contributed by atoms with Gasteiger partial charge in [-0.2, -0.15) is 26.3 Å². The number of carbonyl (C=O) groups is 2. The molecule has 16 heteroatoms. The minimum Gasteiger partial charge on any atom is -0.422 e. The van der Waals surface area contributed by atoms with E-state index in [1.54, 1.807) is 0 Å². The molecule has 2 amide bonds. The van der Waals surface area contributed by atoms with E-state index in [0.717, 1.165) is 12.1 Å². The van der Waals surface area contributed by atoms with Gasteiger partial charge in [0.2, 0.25) is 0 Å². The third kappa shape index (κ3) is 7.11. The van der Waals surface area contributed by atoms with Crippen LogP contribution in [0.15, 0.2) is 54.8 Å². The van der Waals surface area contributed by atoms with E-state index in [0.29, 0.717) is 37.6 Å². The minimum absolute atomic E-state index is 0.389. The van der Waals surface area contributed by atoms with Gasteiger partial charge in [-0.05, 0) is 52.0 Å². The van der Waals surface area contributed by atoms with Crippen LogP contribution in [0.5, 0.6) is 0 Å². The highest BCUT2D eigenvalue weighted by Crippen LogP contribution is 2.39. The topological polar surface area (TPSA) is 125 Å². The number of nitrogens with zero attached hydrogens (tertiary/aromatic N) is 2. The molecule has 4 aromatic rings. The first kappa shape index (κ1) is 35.8. The zero-order chi connectivity index (χ0) is 35.6. The number of benzene rings is 2. The Kier molecular flexibility index (Phi) is 10.4. The number of alkyl halides is 6. The van der Waals surface area contributed by atoms with Crippen LogP contribution in [0.3, 0.4) is 0 Å². The Morgan fingerprint density at radius 1 is 0.625 bits per heavy atom. The molecule has 2 N–H and O–H groups in total. The van der Waals surface area contributed by atoms with Crippen LogP contribution in [0.25, 0.3) is 21.9 Å². The van der Waals surface area contributed by atoms with Gasteiger partial charge in [0.25, 0.3) is 11.8 Å². The molecule has 0 spiro atoms. The van der Waals surface area contributed by atoms with Crippen LogP contribution >= 0.6 is 0 Å². The predicted octanol–water partition coefficient (Wildman–Crippen LogP) is 5.79. The van der Waals surface area contributed by atoms with Gasteiger partial charge in [-0.1, -0.05) is 0 Å². The number of amides is 2. The molecule has 10 nitrogen and oxygen atoms in total. The zero-order valence-corrected chi connectivity index (χ0v) is 26.3. The Morgan fingerprint density at radius 2 is 0.958 bits per heavy atom. The fraction of sp³-hybridized carbons (Fsp3) is 0.375. The first-order valence-electron chi connectivity index (χ1n) is 15.0. The minimum atomic E-state index is -5.16. The monoisotopic (exact) mass is 682 g/mol. The van der Waals surface area contributed by atoms with E-state index in [1.165, 1.54) is 24.3 Å². The molecule has 48 heavy (non-hydrogen) atoms. The third-order valence-electron chi connectivity index (χ3n) is 7.76. The largest absolute Gasteiger partial charge is 0.422 e. The smallest absolute Gasteiger partial charge is 0.418 e. The van der Waals surface area contributed by atoms with Gasteiger partial charge in [-0.3, -0.25) is 9.59 Å². The van der Waals surface area contributed by atoms with Gasteiger partial charge in [0.05, 0.1) is 11.1 Å². The SMILES string of the molecule is CCN(CC)c1ccc2c(C(F)(F)F)c(C(=O)NCCNC(=O)c3c(C(F)(F)F)c4ccc(N(CC)CC)cc4oc3=O)c(=O)oc2c1. The second kappa shape index (κ2) is 14.0. The number of carbonyl (C=O) groups excluding carboxylic acids is 2. The van der Waals surface area contributed by atoms with Crippen molar-refractivity contribution < 1.29 is 44.8 Å². The van der Waals surface area contributed by atoms with Crippen molar-refractivity contribution in [3.8, 4) is 0 Å². The summed E-state index contributed by atoms with van der Waals surface area (Å²) in [5.74, 6) is -2.99. The summed E-state index contributed by atoms with van der Waals surface area (Å²) in [6.45, 7) is 8.15. The highest BCUT2D eigenvalue weighted by atomic mass is 19.4. The van der Waals surface area contributed by atoms with Crippen molar-refractivity contribution >= 4 is 45.1 Å². The van der Waals surface area contributed by atoms with Gasteiger partial charge in [-0.25, -0.2) is 9.59 Å². The fourth-order valence-electron chi connectivity index (χ4n) is 5.48. The molecule has 0 radical (unpaired) electrons. The first-order valence-corrected chi connectivity index (χ1v) is 15.0. The molecule has 0 aliphatic heterocycles. The Balaban J connectivity index is 1.59. The van der Waals surface area contributed by atoms with Gasteiger partial charge < -0.3 is 29.3 Å². The summed E-state index contributed by atoms with van der Waals surface area (Å²) in [6.07, 6.45) is -10.3. The third-order valence-corrected chi connectivity index (χ3v) is 7.76. The second-order valence-corrected chi connectivity index (χ2v) is 10.5. The maximum absolute atomic E-state index is 14.2. The second-order valence-electron chi connectivity index (χ2n) is 10.5. The molecule has 0 bridgehead atoms. The van der Waals surface area contributed by atoms with Crippen molar-refractivity contribution in [3.63, 3.8) is 0 Å². The summed E-state index contributed by atoms with van der Waals surface area (Å²) in [5, 5.41) is 3.00. The lowest BCUT2D eigenvalue weighted by atomic mass is 10.0. The summed E-state index contributed by atoms with van der Waals surface area (Å²) in [6, 6.07) is 7.49. The maximum atomic E-state index is 14.2. The molecule has 0 fully saturated rings. The maximum Gasteiger partial charge on any atom is 0.418 e. The van der Waals surface area contributed by atoms with E-state index in [1.807, 2.05) is 48.1 Å². The van der Waals surface area contributed by atoms with Gasteiger partial charge >= 0.3 is 23.6 Å². The van der Waals surface area contributed by atoms with Gasteiger partial charge in [0, 0.05) is 73.5 Å². The lowest BCUT2D eigenvalue weighted by molar-refractivity contribution is -0.137. The van der Waals surface area contributed by atoms with E-state index < -0.39 is 81.5 Å². The average Bonchev–Trinajstić information content (AvgIpc) is 3.01. The van der Waals surface area contributed by atoms with Crippen LogP contribution in [0, 0.1) is 0 Å². The number of anilines is 2. The number of fused-ring (bicyclic) bond motifs is 2. The number of nitrogens with one attached hydrogen (secondary N) is 2. The van der Waals surface area contributed by atoms with Gasteiger partial charge in [0.15, 0.2) is 0 Å². The van der Waals surface area contributed by atoms with Gasteiger partial charge in [-0.15, -0.1) is 0 Å². The van der Waals surface area contributed by atoms with E-state index in [-0.39, 0.29) is 11.2 Å². The van der Waals surface area contributed by atoms with Crippen molar-refractivity contribution in [1.82, 2.24) is 10.6 Å². The molecule has 0 aliphatic rings. The van der Waals surface area contributed by atoms with E-state index in [4.69, 9.17) is 8.83 Å². The fourth-order valence-corrected chi connectivity index (χ4v) is 5.48. The average molecular weight is 683 g/mol. The van der Waals surface area contributed by atoms with Crippen LogP contribution < -0.4 is 31.7 Å². The summed E-state index contributed by atoms with van der Waals surface area (Å²) in [7, 11) is 0. The number of rotatable bonds is 11. The number of hydrogen-bond donors (Lipinski definition) is 2. The van der Waals surface area contributed by atoms with Crippen LogP contribution in [0.2, 0.25) is 0 Å². The molecular formula is C32H32F6N4O6. The number of hydrogen-bond acceptors (Lipinski definition) is 8. The first-order chi connectivity index (χ1) is 22.6. The van der Waals surface area contributed by atoms with Crippen molar-refractivity contribution in [2.75, 3.05) is 49.1 Å². The molecule has 4 rings (SSSR count). The highest BCUT2D eigenvalue weighted by Gasteiger charge is 2.41. The van der Waals surface area contributed by atoms with Crippen LogP contribution in [-0.4, -0.2) is 51.1 Å². The standard InChI is InChI=1S/C32H32F6N4O6/c1-5-41(6-2)17-9-11-19-21(15-17)47-29(45)23(25(19)31(33,34)35)27(43)39-13-14-40-28(44)24-26(32(36,37)38)20-12-10-18(42(7-3)8-4)16-22(20)48-30(24)46/h9-12,15-16H,5-8,13-14H2,1-4H3,(H,39,43)(H,40,44). The molecule has 0 unspecified atom stereocenters. The Bertz CT molecular complexity index is 1820. The normalized spacial score (nSPS) is 12.0. The molecule has 0 aliphatic carbocycles. The quantitative estimate of drug-likeness (QED) is 0.116. The molecular weight excluding hydrogens is 650 g/mol. The lowest BCUT2D eigenvalue weighted by Crippen LogP contribution is -2.39. The molecule has 0 atom stereocenters. The highest BCUT2D eigenvalue weighted by molar-refractivity contribution is 6.01.